The van der Waals surface area contributed by atoms with E-state index in [0.717, 1.165) is 9.86 Å². The Hall–Kier alpha value is -2.60. The van der Waals surface area contributed by atoms with Gasteiger partial charge in [-0.3, -0.25) is 9.59 Å². The van der Waals surface area contributed by atoms with Gasteiger partial charge in [0.1, 0.15) is 5.58 Å². The molecule has 0 unspecified atom stereocenters. The van der Waals surface area contributed by atoms with Crippen LogP contribution in [0.3, 0.4) is 0 Å². The Morgan fingerprint density at radius 2 is 1.68 bits per heavy atom. The minimum atomic E-state index is -0.351. The lowest BCUT2D eigenvalue weighted by Gasteiger charge is -2.09. The lowest BCUT2D eigenvalue weighted by Crippen LogP contribution is -2.18. The zero-order chi connectivity index (χ0) is 18.0. The van der Waals surface area contributed by atoms with Crippen LogP contribution in [0.2, 0.25) is 0 Å². The summed E-state index contributed by atoms with van der Waals surface area (Å²) < 4.78 is 6.42. The van der Waals surface area contributed by atoms with Crippen molar-refractivity contribution in [2.24, 2.45) is 5.92 Å². The highest BCUT2D eigenvalue weighted by atomic mass is 79.9. The number of anilines is 2. The van der Waals surface area contributed by atoms with Gasteiger partial charge in [0, 0.05) is 22.7 Å². The molecule has 25 heavy (non-hydrogen) atoms. The van der Waals surface area contributed by atoms with Gasteiger partial charge >= 0.3 is 0 Å². The lowest BCUT2D eigenvalue weighted by molar-refractivity contribution is -0.118. The molecule has 0 aliphatic carbocycles. The molecular formula is C19H17BrN2O3. The number of fused-ring (bicyclic) bond motifs is 1. The molecular weight excluding hydrogens is 384 g/mol. The predicted octanol–water partition coefficient (Wildman–Crippen LogP) is 5.04. The SMILES string of the molecule is CC(C)C(=O)Nc1cccc(NC(=O)c2cc3cccc(Br)c3o2)c1. The second-order valence-electron chi connectivity index (χ2n) is 5.95. The predicted molar refractivity (Wildman–Crippen MR) is 102 cm³/mol. The van der Waals surface area contributed by atoms with Crippen LogP contribution in [0.25, 0.3) is 11.0 Å². The zero-order valence-corrected chi connectivity index (χ0v) is 15.4. The van der Waals surface area contributed by atoms with E-state index in [1.807, 2.05) is 32.0 Å². The van der Waals surface area contributed by atoms with E-state index in [4.69, 9.17) is 4.42 Å². The molecule has 3 rings (SSSR count). The van der Waals surface area contributed by atoms with E-state index in [9.17, 15) is 9.59 Å². The molecule has 0 spiro atoms. The third-order valence-electron chi connectivity index (χ3n) is 3.63. The second-order valence-corrected chi connectivity index (χ2v) is 6.80. The Balaban J connectivity index is 1.78. The molecule has 0 aliphatic rings. The number of rotatable bonds is 4. The molecule has 0 aliphatic heterocycles. The number of hydrogen-bond donors (Lipinski definition) is 2. The van der Waals surface area contributed by atoms with Crippen molar-refractivity contribution < 1.29 is 14.0 Å². The van der Waals surface area contributed by atoms with Crippen LogP contribution in [0, 0.1) is 5.92 Å². The van der Waals surface area contributed by atoms with E-state index in [-0.39, 0.29) is 23.5 Å². The van der Waals surface area contributed by atoms with Crippen LogP contribution >= 0.6 is 15.9 Å². The quantitative estimate of drug-likeness (QED) is 0.643. The molecule has 0 bridgehead atoms. The molecule has 0 radical (unpaired) electrons. The number of carbonyl (C=O) groups excluding carboxylic acids is 2. The minimum Gasteiger partial charge on any atom is -0.450 e. The van der Waals surface area contributed by atoms with Crippen molar-refractivity contribution in [3.8, 4) is 0 Å². The van der Waals surface area contributed by atoms with E-state index in [1.54, 1.807) is 30.3 Å². The second kappa shape index (κ2) is 7.11. The van der Waals surface area contributed by atoms with Crippen molar-refractivity contribution in [3.63, 3.8) is 0 Å². The molecule has 2 amide bonds. The number of furan rings is 1. The van der Waals surface area contributed by atoms with Gasteiger partial charge in [-0.25, -0.2) is 0 Å². The van der Waals surface area contributed by atoms with Crippen molar-refractivity contribution in [1.29, 1.82) is 0 Å². The van der Waals surface area contributed by atoms with Crippen LogP contribution < -0.4 is 10.6 Å². The molecule has 2 aromatic carbocycles. The number of halogens is 1. The van der Waals surface area contributed by atoms with Gasteiger partial charge in [0.25, 0.3) is 5.91 Å². The normalized spacial score (nSPS) is 10.9. The minimum absolute atomic E-state index is 0.0781. The smallest absolute Gasteiger partial charge is 0.291 e. The third-order valence-corrected chi connectivity index (χ3v) is 4.26. The molecule has 128 valence electrons. The average molecular weight is 401 g/mol. The van der Waals surface area contributed by atoms with Crippen molar-refractivity contribution in [2.45, 2.75) is 13.8 Å². The first kappa shape index (κ1) is 17.2. The van der Waals surface area contributed by atoms with Crippen LogP contribution in [0.15, 0.2) is 57.4 Å². The first-order chi connectivity index (χ1) is 11.9. The number of carbonyl (C=O) groups is 2. The summed E-state index contributed by atoms with van der Waals surface area (Å²) in [6.45, 7) is 3.64. The van der Waals surface area contributed by atoms with Crippen LogP contribution in [0.5, 0.6) is 0 Å². The number of amides is 2. The highest BCUT2D eigenvalue weighted by Crippen LogP contribution is 2.27. The molecule has 6 heteroatoms. The molecule has 0 atom stereocenters. The van der Waals surface area contributed by atoms with Gasteiger partial charge in [-0.05, 0) is 46.3 Å². The summed E-state index contributed by atoms with van der Waals surface area (Å²) in [5.41, 5.74) is 1.83. The summed E-state index contributed by atoms with van der Waals surface area (Å²) in [5.74, 6) is -0.327. The molecule has 3 aromatic rings. The van der Waals surface area contributed by atoms with E-state index < -0.39 is 0 Å². The van der Waals surface area contributed by atoms with Gasteiger partial charge in [0.2, 0.25) is 5.91 Å². The van der Waals surface area contributed by atoms with Gasteiger partial charge in [0.15, 0.2) is 5.76 Å². The Bertz CT molecular complexity index is 947. The fourth-order valence-corrected chi connectivity index (χ4v) is 2.76. The molecule has 1 aromatic heterocycles. The molecule has 0 saturated heterocycles. The van der Waals surface area contributed by atoms with Crippen LogP contribution in [0.1, 0.15) is 24.4 Å². The largest absolute Gasteiger partial charge is 0.450 e. The maximum Gasteiger partial charge on any atom is 0.291 e. The van der Waals surface area contributed by atoms with Gasteiger partial charge < -0.3 is 15.1 Å². The lowest BCUT2D eigenvalue weighted by atomic mass is 10.2. The third kappa shape index (κ3) is 3.91. The fraction of sp³-hybridized carbons (Fsp3) is 0.158. The molecule has 2 N–H and O–H groups in total. The summed E-state index contributed by atoms with van der Waals surface area (Å²) in [5, 5.41) is 6.43. The zero-order valence-electron chi connectivity index (χ0n) is 13.8. The van der Waals surface area contributed by atoms with E-state index in [1.165, 1.54) is 0 Å². The van der Waals surface area contributed by atoms with Gasteiger partial charge in [0.05, 0.1) is 4.47 Å². The number of hydrogen-bond acceptors (Lipinski definition) is 3. The van der Waals surface area contributed by atoms with Gasteiger partial charge in [-0.2, -0.15) is 0 Å². The van der Waals surface area contributed by atoms with Gasteiger partial charge in [-0.15, -0.1) is 0 Å². The summed E-state index contributed by atoms with van der Waals surface area (Å²) in [6, 6.07) is 14.3. The van der Waals surface area contributed by atoms with E-state index >= 15 is 0 Å². The highest BCUT2D eigenvalue weighted by Gasteiger charge is 2.14. The average Bonchev–Trinajstić information content (AvgIpc) is 3.01. The first-order valence-corrected chi connectivity index (χ1v) is 8.63. The van der Waals surface area contributed by atoms with E-state index in [2.05, 4.69) is 26.6 Å². The standard InChI is InChI=1S/C19H17BrN2O3/c1-11(2)18(23)21-13-6-4-7-14(10-13)22-19(24)16-9-12-5-3-8-15(20)17(12)25-16/h3-11H,1-2H3,(H,21,23)(H,22,24). The monoisotopic (exact) mass is 400 g/mol. The molecule has 0 fully saturated rings. The Morgan fingerprint density at radius 1 is 1.00 bits per heavy atom. The van der Waals surface area contributed by atoms with Gasteiger partial charge in [-0.1, -0.05) is 32.0 Å². The Labute approximate surface area is 153 Å². The summed E-state index contributed by atoms with van der Waals surface area (Å²) in [4.78, 5) is 24.2. The summed E-state index contributed by atoms with van der Waals surface area (Å²) >= 11 is 3.40. The fourth-order valence-electron chi connectivity index (χ4n) is 2.29. The van der Waals surface area contributed by atoms with Crippen LogP contribution in [-0.2, 0) is 4.79 Å². The summed E-state index contributed by atoms with van der Waals surface area (Å²) in [6.07, 6.45) is 0. The maximum absolute atomic E-state index is 12.4. The number of benzene rings is 2. The molecule has 0 saturated carbocycles. The van der Waals surface area contributed by atoms with Crippen LogP contribution in [-0.4, -0.2) is 11.8 Å². The number of nitrogens with one attached hydrogen (secondary N) is 2. The highest BCUT2D eigenvalue weighted by molar-refractivity contribution is 9.10. The molecule has 5 nitrogen and oxygen atoms in total. The van der Waals surface area contributed by atoms with E-state index in [0.29, 0.717) is 17.0 Å². The summed E-state index contributed by atoms with van der Waals surface area (Å²) in [7, 11) is 0. The van der Waals surface area contributed by atoms with Crippen molar-refractivity contribution in [3.05, 3.63) is 58.8 Å². The Morgan fingerprint density at radius 3 is 2.36 bits per heavy atom. The molecule has 1 heterocycles. The Kier molecular flexibility index (Phi) is 4.90. The van der Waals surface area contributed by atoms with Crippen molar-refractivity contribution in [1.82, 2.24) is 0 Å². The van der Waals surface area contributed by atoms with Crippen molar-refractivity contribution >= 4 is 50.1 Å². The van der Waals surface area contributed by atoms with Crippen molar-refractivity contribution in [2.75, 3.05) is 10.6 Å². The topological polar surface area (TPSA) is 71.3 Å². The van der Waals surface area contributed by atoms with Crippen LogP contribution in [0.4, 0.5) is 11.4 Å². The maximum atomic E-state index is 12.4. The first-order valence-electron chi connectivity index (χ1n) is 7.84. The number of para-hydroxylation sites is 1.